The molecule has 2 aliphatic rings. The quantitative estimate of drug-likeness (QED) is 0.755. The van der Waals surface area contributed by atoms with Gasteiger partial charge in [0, 0.05) is 19.6 Å². The van der Waals surface area contributed by atoms with E-state index in [4.69, 9.17) is 4.74 Å². The largest absolute Gasteiger partial charge is 0.383 e. The fourth-order valence-electron chi connectivity index (χ4n) is 3.06. The molecule has 0 aromatic rings. The van der Waals surface area contributed by atoms with Crippen LogP contribution in [0.5, 0.6) is 0 Å². The Bertz CT molecular complexity index is 256. The van der Waals surface area contributed by atoms with Crippen molar-refractivity contribution in [2.45, 2.75) is 44.1 Å². The number of nitrogens with one attached hydrogen (secondary N) is 2. The van der Waals surface area contributed by atoms with Crippen molar-refractivity contribution in [2.24, 2.45) is 5.92 Å². The summed E-state index contributed by atoms with van der Waals surface area (Å²) in [6, 6.07) is 0. The molecule has 1 atom stereocenters. The van der Waals surface area contributed by atoms with Crippen molar-refractivity contribution >= 4 is 5.91 Å². The van der Waals surface area contributed by atoms with Crippen molar-refractivity contribution < 1.29 is 9.53 Å². The van der Waals surface area contributed by atoms with Crippen LogP contribution in [0.25, 0.3) is 0 Å². The number of methoxy groups -OCH3 is 1. The maximum absolute atomic E-state index is 12.0. The van der Waals surface area contributed by atoms with Gasteiger partial charge < -0.3 is 15.4 Å². The molecule has 98 valence electrons. The topological polar surface area (TPSA) is 50.4 Å². The Morgan fingerprint density at radius 2 is 2.18 bits per heavy atom. The van der Waals surface area contributed by atoms with E-state index in [0.29, 0.717) is 13.2 Å². The van der Waals surface area contributed by atoms with Gasteiger partial charge in [0.2, 0.25) is 5.91 Å². The van der Waals surface area contributed by atoms with E-state index < -0.39 is 0 Å². The van der Waals surface area contributed by atoms with Gasteiger partial charge in [-0.15, -0.1) is 0 Å². The maximum atomic E-state index is 12.0. The smallest absolute Gasteiger partial charge is 0.223 e. The minimum Gasteiger partial charge on any atom is -0.383 e. The molecule has 0 bridgehead atoms. The van der Waals surface area contributed by atoms with Crippen LogP contribution in [0.4, 0.5) is 0 Å². The summed E-state index contributed by atoms with van der Waals surface area (Å²) in [5.74, 6) is 0.502. The summed E-state index contributed by atoms with van der Waals surface area (Å²) in [5.41, 5.74) is -0.0248. The zero-order chi connectivity index (χ0) is 12.1. The minimum absolute atomic E-state index is 0.0248. The van der Waals surface area contributed by atoms with Crippen LogP contribution in [0.2, 0.25) is 0 Å². The summed E-state index contributed by atoms with van der Waals surface area (Å²) in [5, 5.41) is 6.59. The highest BCUT2D eigenvalue weighted by molar-refractivity contribution is 5.78. The number of rotatable bonds is 5. The van der Waals surface area contributed by atoms with Gasteiger partial charge in [-0.05, 0) is 32.2 Å². The van der Waals surface area contributed by atoms with Crippen LogP contribution in [0.15, 0.2) is 0 Å². The molecular formula is C13H24N2O2. The van der Waals surface area contributed by atoms with Crippen LogP contribution in [0.3, 0.4) is 0 Å². The first-order valence-corrected chi connectivity index (χ1v) is 6.77. The van der Waals surface area contributed by atoms with Crippen molar-refractivity contribution in [1.29, 1.82) is 0 Å². The van der Waals surface area contributed by atoms with Crippen molar-refractivity contribution in [3.8, 4) is 0 Å². The third-order valence-corrected chi connectivity index (χ3v) is 4.08. The highest BCUT2D eigenvalue weighted by Crippen LogP contribution is 2.25. The molecule has 2 N–H and O–H groups in total. The van der Waals surface area contributed by atoms with E-state index in [0.717, 1.165) is 25.8 Å². The van der Waals surface area contributed by atoms with Gasteiger partial charge in [0.05, 0.1) is 12.1 Å². The van der Waals surface area contributed by atoms with E-state index >= 15 is 0 Å². The first-order valence-electron chi connectivity index (χ1n) is 6.77. The van der Waals surface area contributed by atoms with E-state index in [-0.39, 0.29) is 17.4 Å². The van der Waals surface area contributed by atoms with Gasteiger partial charge in [-0.2, -0.15) is 0 Å². The van der Waals surface area contributed by atoms with Gasteiger partial charge in [0.25, 0.3) is 0 Å². The second-order valence-electron chi connectivity index (χ2n) is 5.44. The molecule has 1 heterocycles. The van der Waals surface area contributed by atoms with Crippen LogP contribution in [0, 0.1) is 5.92 Å². The molecule has 1 aliphatic heterocycles. The SMILES string of the molecule is COCC1(CNC(=O)C2CCCC2)CCCN1. The number of hydrogen-bond acceptors (Lipinski definition) is 3. The van der Waals surface area contributed by atoms with Gasteiger partial charge in [-0.1, -0.05) is 12.8 Å². The van der Waals surface area contributed by atoms with Crippen LogP contribution in [-0.4, -0.2) is 38.3 Å². The molecule has 0 aromatic heterocycles. The first-order chi connectivity index (χ1) is 8.26. The lowest BCUT2D eigenvalue weighted by Crippen LogP contribution is -2.53. The molecule has 1 amide bonds. The van der Waals surface area contributed by atoms with Crippen molar-refractivity contribution in [3.05, 3.63) is 0 Å². The van der Waals surface area contributed by atoms with Crippen LogP contribution >= 0.6 is 0 Å². The third kappa shape index (κ3) is 3.19. The van der Waals surface area contributed by atoms with Crippen LogP contribution in [-0.2, 0) is 9.53 Å². The summed E-state index contributed by atoms with van der Waals surface area (Å²) in [6.07, 6.45) is 6.81. The molecule has 2 fully saturated rings. The predicted octanol–water partition coefficient (Wildman–Crippen LogP) is 1.06. The monoisotopic (exact) mass is 240 g/mol. The molecule has 2 rings (SSSR count). The van der Waals surface area contributed by atoms with E-state index in [9.17, 15) is 4.79 Å². The van der Waals surface area contributed by atoms with Crippen LogP contribution in [0.1, 0.15) is 38.5 Å². The van der Waals surface area contributed by atoms with Crippen molar-refractivity contribution in [3.63, 3.8) is 0 Å². The Hall–Kier alpha value is -0.610. The highest BCUT2D eigenvalue weighted by atomic mass is 16.5. The minimum atomic E-state index is -0.0248. The zero-order valence-electron chi connectivity index (χ0n) is 10.8. The Morgan fingerprint density at radius 1 is 1.41 bits per heavy atom. The van der Waals surface area contributed by atoms with E-state index in [1.807, 2.05) is 0 Å². The van der Waals surface area contributed by atoms with Gasteiger partial charge >= 0.3 is 0 Å². The maximum Gasteiger partial charge on any atom is 0.223 e. The summed E-state index contributed by atoms with van der Waals surface area (Å²) in [6.45, 7) is 2.41. The van der Waals surface area contributed by atoms with Crippen molar-refractivity contribution in [1.82, 2.24) is 10.6 Å². The molecule has 0 spiro atoms. The fourth-order valence-corrected chi connectivity index (χ4v) is 3.06. The molecule has 17 heavy (non-hydrogen) atoms. The molecular weight excluding hydrogens is 216 g/mol. The molecule has 1 saturated carbocycles. The molecule has 4 nitrogen and oxygen atoms in total. The lowest BCUT2D eigenvalue weighted by molar-refractivity contribution is -0.125. The fraction of sp³-hybridized carbons (Fsp3) is 0.923. The lowest BCUT2D eigenvalue weighted by Gasteiger charge is -2.29. The average Bonchev–Trinajstić information content (AvgIpc) is 2.98. The number of amides is 1. The Balaban J connectivity index is 1.80. The molecule has 4 heteroatoms. The third-order valence-electron chi connectivity index (χ3n) is 4.08. The number of carbonyl (C=O) groups excluding carboxylic acids is 1. The molecule has 1 aliphatic carbocycles. The van der Waals surface area contributed by atoms with E-state index in [2.05, 4.69) is 10.6 Å². The standard InChI is InChI=1S/C13H24N2O2/c1-17-10-13(7-4-8-15-13)9-14-12(16)11-5-2-3-6-11/h11,15H,2-10H2,1H3,(H,14,16). The van der Waals surface area contributed by atoms with Gasteiger partial charge in [0.15, 0.2) is 0 Å². The Labute approximate surface area is 103 Å². The number of ether oxygens (including phenoxy) is 1. The summed E-state index contributed by atoms with van der Waals surface area (Å²) in [4.78, 5) is 12.0. The molecule has 0 aromatic carbocycles. The number of hydrogen-bond donors (Lipinski definition) is 2. The Kier molecular flexibility index (Phi) is 4.40. The zero-order valence-corrected chi connectivity index (χ0v) is 10.8. The molecule has 1 saturated heterocycles. The van der Waals surface area contributed by atoms with Crippen molar-refractivity contribution in [2.75, 3.05) is 26.8 Å². The van der Waals surface area contributed by atoms with Gasteiger partial charge in [-0.25, -0.2) is 0 Å². The first kappa shape index (κ1) is 12.8. The van der Waals surface area contributed by atoms with Crippen LogP contribution < -0.4 is 10.6 Å². The van der Waals surface area contributed by atoms with E-state index in [1.54, 1.807) is 7.11 Å². The van der Waals surface area contributed by atoms with Gasteiger partial charge in [0.1, 0.15) is 0 Å². The summed E-state index contributed by atoms with van der Waals surface area (Å²) in [7, 11) is 1.72. The lowest BCUT2D eigenvalue weighted by atomic mass is 9.98. The molecule has 0 radical (unpaired) electrons. The second-order valence-corrected chi connectivity index (χ2v) is 5.44. The highest BCUT2D eigenvalue weighted by Gasteiger charge is 2.34. The molecule has 1 unspecified atom stereocenters. The average molecular weight is 240 g/mol. The Morgan fingerprint density at radius 3 is 2.76 bits per heavy atom. The predicted molar refractivity (Wildman–Crippen MR) is 66.8 cm³/mol. The summed E-state index contributed by atoms with van der Waals surface area (Å²) >= 11 is 0. The number of carbonyl (C=O) groups is 1. The van der Waals surface area contributed by atoms with E-state index in [1.165, 1.54) is 19.3 Å². The summed E-state index contributed by atoms with van der Waals surface area (Å²) < 4.78 is 5.27. The van der Waals surface area contributed by atoms with Gasteiger partial charge in [-0.3, -0.25) is 4.79 Å². The normalized spacial score (nSPS) is 29.7. The second kappa shape index (κ2) is 5.83.